The number of nitrogens with zero attached hydrogens (tertiary/aromatic N) is 2. The van der Waals surface area contributed by atoms with Crippen LogP contribution in [0.1, 0.15) is 49.5 Å². The van der Waals surface area contributed by atoms with Gasteiger partial charge in [0.2, 0.25) is 11.8 Å². The van der Waals surface area contributed by atoms with Gasteiger partial charge in [-0.3, -0.25) is 4.79 Å². The van der Waals surface area contributed by atoms with Crippen molar-refractivity contribution in [2.24, 2.45) is 0 Å². The maximum atomic E-state index is 13.3. The third kappa shape index (κ3) is 5.73. The summed E-state index contributed by atoms with van der Waals surface area (Å²) < 4.78 is 18.6. The Morgan fingerprint density at radius 3 is 2.41 bits per heavy atom. The molecular weight excluding hydrogens is 369 g/mol. The highest BCUT2D eigenvalue weighted by Crippen LogP contribution is 2.22. The monoisotopic (exact) mass is 395 g/mol. The molecule has 0 aliphatic heterocycles. The Bertz CT molecular complexity index is 931. The van der Waals surface area contributed by atoms with Crippen LogP contribution in [0.3, 0.4) is 0 Å². The van der Waals surface area contributed by atoms with E-state index in [0.717, 1.165) is 11.1 Å². The first kappa shape index (κ1) is 20.7. The summed E-state index contributed by atoms with van der Waals surface area (Å²) in [5.74, 6) is 0.302. The van der Waals surface area contributed by atoms with Crippen LogP contribution in [0.25, 0.3) is 0 Å². The molecule has 0 aliphatic carbocycles. The van der Waals surface area contributed by atoms with Gasteiger partial charge in [0.15, 0.2) is 5.82 Å². The van der Waals surface area contributed by atoms with Gasteiger partial charge in [0.1, 0.15) is 5.82 Å². The maximum Gasteiger partial charge on any atom is 0.232 e. The molecule has 3 rings (SSSR count). The van der Waals surface area contributed by atoms with Crippen LogP contribution in [0.15, 0.2) is 59.1 Å². The highest BCUT2D eigenvalue weighted by Gasteiger charge is 2.23. The summed E-state index contributed by atoms with van der Waals surface area (Å²) in [6.45, 7) is 6.41. The molecule has 1 amide bonds. The number of carbonyl (C=O) groups is 1. The van der Waals surface area contributed by atoms with Crippen LogP contribution < -0.4 is 5.32 Å². The van der Waals surface area contributed by atoms with Gasteiger partial charge in [-0.05, 0) is 29.7 Å². The standard InChI is InChI=1S/C23H26FN3O2/c1-23(2,3)22-26-20(27-29-22)13-14-25-21(28)19(15-16-7-5-4-6-8-16)17-9-11-18(24)12-10-17/h4-12,19H,13-15H2,1-3H3,(H,25,28). The van der Waals surface area contributed by atoms with Gasteiger partial charge in [-0.25, -0.2) is 4.39 Å². The van der Waals surface area contributed by atoms with E-state index in [9.17, 15) is 9.18 Å². The number of rotatable bonds is 7. The number of nitrogens with one attached hydrogen (secondary N) is 1. The Labute approximate surface area is 170 Å². The number of aromatic nitrogens is 2. The second-order valence-electron chi connectivity index (χ2n) is 8.10. The average molecular weight is 395 g/mol. The van der Waals surface area contributed by atoms with Crippen LogP contribution in [0.5, 0.6) is 0 Å². The topological polar surface area (TPSA) is 68.0 Å². The quantitative estimate of drug-likeness (QED) is 0.651. The lowest BCUT2D eigenvalue weighted by atomic mass is 9.91. The van der Waals surface area contributed by atoms with Crippen molar-refractivity contribution in [1.82, 2.24) is 15.5 Å². The first-order valence-corrected chi connectivity index (χ1v) is 9.73. The Balaban J connectivity index is 1.66. The van der Waals surface area contributed by atoms with Gasteiger partial charge in [-0.15, -0.1) is 0 Å². The second kappa shape index (κ2) is 8.99. The van der Waals surface area contributed by atoms with E-state index >= 15 is 0 Å². The molecule has 0 spiro atoms. The largest absolute Gasteiger partial charge is 0.355 e. The van der Waals surface area contributed by atoms with E-state index in [1.807, 2.05) is 51.1 Å². The van der Waals surface area contributed by atoms with E-state index < -0.39 is 5.92 Å². The third-order valence-electron chi connectivity index (χ3n) is 4.63. The molecule has 1 aromatic heterocycles. The van der Waals surface area contributed by atoms with Gasteiger partial charge in [-0.2, -0.15) is 4.98 Å². The molecule has 6 heteroatoms. The van der Waals surface area contributed by atoms with Crippen molar-refractivity contribution in [2.75, 3.05) is 6.54 Å². The predicted octanol–water partition coefficient (Wildman–Crippen LogP) is 4.19. The van der Waals surface area contributed by atoms with Crippen molar-refractivity contribution in [3.63, 3.8) is 0 Å². The summed E-state index contributed by atoms with van der Waals surface area (Å²) >= 11 is 0. The summed E-state index contributed by atoms with van der Waals surface area (Å²) in [7, 11) is 0. The van der Waals surface area contributed by atoms with E-state index in [0.29, 0.717) is 31.1 Å². The van der Waals surface area contributed by atoms with Crippen molar-refractivity contribution in [3.05, 3.63) is 83.3 Å². The number of hydrogen-bond donors (Lipinski definition) is 1. The molecule has 5 nitrogen and oxygen atoms in total. The Morgan fingerprint density at radius 1 is 1.10 bits per heavy atom. The highest BCUT2D eigenvalue weighted by molar-refractivity contribution is 5.84. The summed E-state index contributed by atoms with van der Waals surface area (Å²) in [5, 5.41) is 6.94. The van der Waals surface area contributed by atoms with Gasteiger partial charge in [0.05, 0.1) is 5.92 Å². The van der Waals surface area contributed by atoms with Crippen molar-refractivity contribution in [1.29, 1.82) is 0 Å². The molecule has 0 bridgehead atoms. The molecular formula is C23H26FN3O2. The van der Waals surface area contributed by atoms with Crippen molar-refractivity contribution < 1.29 is 13.7 Å². The zero-order valence-corrected chi connectivity index (χ0v) is 17.0. The molecule has 1 N–H and O–H groups in total. The molecule has 0 fully saturated rings. The van der Waals surface area contributed by atoms with E-state index in [1.165, 1.54) is 12.1 Å². The minimum Gasteiger partial charge on any atom is -0.355 e. The van der Waals surface area contributed by atoms with Crippen LogP contribution in [-0.2, 0) is 23.1 Å². The lowest BCUT2D eigenvalue weighted by Gasteiger charge is -2.17. The number of hydrogen-bond acceptors (Lipinski definition) is 4. The SMILES string of the molecule is CC(C)(C)c1nc(CCNC(=O)C(Cc2ccccc2)c2ccc(F)cc2)no1. The van der Waals surface area contributed by atoms with E-state index in [-0.39, 0.29) is 17.1 Å². The van der Waals surface area contributed by atoms with Gasteiger partial charge in [0, 0.05) is 18.4 Å². The normalized spacial score (nSPS) is 12.6. The van der Waals surface area contributed by atoms with Crippen LogP contribution in [0.2, 0.25) is 0 Å². The minimum absolute atomic E-state index is 0.111. The molecule has 0 radical (unpaired) electrons. The number of amides is 1. The van der Waals surface area contributed by atoms with Gasteiger partial charge < -0.3 is 9.84 Å². The van der Waals surface area contributed by atoms with E-state index in [2.05, 4.69) is 15.5 Å². The minimum atomic E-state index is -0.409. The van der Waals surface area contributed by atoms with E-state index in [4.69, 9.17) is 4.52 Å². The second-order valence-corrected chi connectivity index (χ2v) is 8.10. The molecule has 2 aromatic carbocycles. The number of halogens is 1. The van der Waals surface area contributed by atoms with Crippen molar-refractivity contribution in [2.45, 2.75) is 44.9 Å². The molecule has 0 saturated carbocycles. The van der Waals surface area contributed by atoms with Crippen molar-refractivity contribution in [3.8, 4) is 0 Å². The molecule has 3 aromatic rings. The molecule has 0 aliphatic rings. The number of carbonyl (C=O) groups excluding carboxylic acids is 1. The zero-order chi connectivity index (χ0) is 20.9. The first-order valence-electron chi connectivity index (χ1n) is 9.73. The molecule has 29 heavy (non-hydrogen) atoms. The maximum absolute atomic E-state index is 13.3. The molecule has 1 unspecified atom stereocenters. The van der Waals surface area contributed by atoms with Crippen LogP contribution in [-0.4, -0.2) is 22.6 Å². The first-order chi connectivity index (χ1) is 13.8. The molecule has 1 atom stereocenters. The van der Waals surface area contributed by atoms with Gasteiger partial charge in [0.25, 0.3) is 0 Å². The predicted molar refractivity (Wildman–Crippen MR) is 109 cm³/mol. The Hall–Kier alpha value is -3.02. The summed E-state index contributed by atoms with van der Waals surface area (Å²) in [4.78, 5) is 17.3. The highest BCUT2D eigenvalue weighted by atomic mass is 19.1. The average Bonchev–Trinajstić information content (AvgIpc) is 3.17. The number of benzene rings is 2. The molecule has 152 valence electrons. The fourth-order valence-corrected chi connectivity index (χ4v) is 2.99. The summed E-state index contributed by atoms with van der Waals surface area (Å²) in [5.41, 5.74) is 1.62. The fraction of sp³-hybridized carbons (Fsp3) is 0.348. The van der Waals surface area contributed by atoms with Gasteiger partial charge in [-0.1, -0.05) is 68.4 Å². The van der Waals surface area contributed by atoms with Crippen LogP contribution in [0, 0.1) is 5.82 Å². The molecule has 0 saturated heterocycles. The third-order valence-corrected chi connectivity index (χ3v) is 4.63. The van der Waals surface area contributed by atoms with Crippen LogP contribution >= 0.6 is 0 Å². The zero-order valence-electron chi connectivity index (χ0n) is 17.0. The Morgan fingerprint density at radius 2 is 1.79 bits per heavy atom. The Kier molecular flexibility index (Phi) is 6.42. The summed E-state index contributed by atoms with van der Waals surface area (Å²) in [6, 6.07) is 15.9. The van der Waals surface area contributed by atoms with E-state index in [1.54, 1.807) is 12.1 Å². The molecule has 1 heterocycles. The summed E-state index contributed by atoms with van der Waals surface area (Å²) in [6.07, 6.45) is 1.02. The van der Waals surface area contributed by atoms with Gasteiger partial charge >= 0.3 is 0 Å². The van der Waals surface area contributed by atoms with Crippen molar-refractivity contribution >= 4 is 5.91 Å². The smallest absolute Gasteiger partial charge is 0.232 e. The van der Waals surface area contributed by atoms with Crippen LogP contribution in [0.4, 0.5) is 4.39 Å². The lowest BCUT2D eigenvalue weighted by Crippen LogP contribution is -2.32. The fourth-order valence-electron chi connectivity index (χ4n) is 2.99. The lowest BCUT2D eigenvalue weighted by molar-refractivity contribution is -0.122.